The van der Waals surface area contributed by atoms with Gasteiger partial charge in [0, 0.05) is 30.4 Å². The second kappa shape index (κ2) is 6.56. The lowest BCUT2D eigenvalue weighted by molar-refractivity contribution is -0.114. The number of carbonyl (C=O) groups excluding carboxylic acids is 2. The number of fused-ring (bicyclic) bond motifs is 4. The van der Waals surface area contributed by atoms with Crippen LogP contribution in [0.3, 0.4) is 0 Å². The van der Waals surface area contributed by atoms with Crippen LogP contribution in [0.2, 0.25) is 0 Å². The van der Waals surface area contributed by atoms with Crippen molar-refractivity contribution in [2.24, 2.45) is 4.99 Å². The number of nitrogens with one attached hydrogen (secondary N) is 1. The fourth-order valence-corrected chi connectivity index (χ4v) is 3.64. The number of anilines is 2. The average molecular weight is 378 g/mol. The van der Waals surface area contributed by atoms with Crippen LogP contribution in [0.5, 0.6) is 11.5 Å². The molecule has 0 radical (unpaired) electrons. The molecule has 8 nitrogen and oxygen atoms in total. The molecule has 2 aromatic rings. The highest BCUT2D eigenvalue weighted by Crippen LogP contribution is 2.34. The third kappa shape index (κ3) is 2.74. The van der Waals surface area contributed by atoms with Crippen molar-refractivity contribution in [3.8, 4) is 11.5 Å². The molecule has 3 aliphatic heterocycles. The number of hydrogen-bond donors (Lipinski definition) is 1. The molecule has 0 atom stereocenters. The van der Waals surface area contributed by atoms with Gasteiger partial charge in [0.15, 0.2) is 11.5 Å². The zero-order chi connectivity index (χ0) is 19.1. The summed E-state index contributed by atoms with van der Waals surface area (Å²) in [7, 11) is 0. The van der Waals surface area contributed by atoms with E-state index in [9.17, 15) is 9.59 Å². The Morgan fingerprint density at radius 3 is 2.93 bits per heavy atom. The SMILES string of the molecule is O=C(CN1C(=O)N2CCCN=C2c2ccccc21)Nc1ccc2c(c1)OCO2. The Bertz CT molecular complexity index is 1000. The molecule has 3 heterocycles. The monoisotopic (exact) mass is 378 g/mol. The first kappa shape index (κ1) is 16.6. The van der Waals surface area contributed by atoms with E-state index in [0.29, 0.717) is 41.8 Å². The second-order valence-corrected chi connectivity index (χ2v) is 6.71. The largest absolute Gasteiger partial charge is 0.454 e. The number of rotatable bonds is 3. The first-order valence-corrected chi connectivity index (χ1v) is 9.13. The first-order chi connectivity index (χ1) is 13.7. The van der Waals surface area contributed by atoms with Crippen molar-refractivity contribution in [2.45, 2.75) is 6.42 Å². The summed E-state index contributed by atoms with van der Waals surface area (Å²) in [5.74, 6) is 1.64. The van der Waals surface area contributed by atoms with Crippen LogP contribution in [-0.4, -0.2) is 49.1 Å². The molecular formula is C20H18N4O4. The zero-order valence-corrected chi connectivity index (χ0v) is 15.1. The van der Waals surface area contributed by atoms with E-state index >= 15 is 0 Å². The summed E-state index contributed by atoms with van der Waals surface area (Å²) in [5, 5.41) is 2.83. The number of para-hydroxylation sites is 1. The molecule has 28 heavy (non-hydrogen) atoms. The minimum Gasteiger partial charge on any atom is -0.454 e. The van der Waals surface area contributed by atoms with E-state index in [0.717, 1.165) is 12.0 Å². The lowest BCUT2D eigenvalue weighted by Gasteiger charge is -2.39. The van der Waals surface area contributed by atoms with Crippen molar-refractivity contribution in [3.63, 3.8) is 0 Å². The topological polar surface area (TPSA) is 83.5 Å². The van der Waals surface area contributed by atoms with Crippen molar-refractivity contribution in [1.82, 2.24) is 4.90 Å². The number of nitrogens with zero attached hydrogens (tertiary/aromatic N) is 3. The number of benzene rings is 2. The molecule has 142 valence electrons. The number of amides is 3. The number of ether oxygens (including phenoxy) is 2. The third-order valence-corrected chi connectivity index (χ3v) is 4.91. The Morgan fingerprint density at radius 1 is 1.14 bits per heavy atom. The summed E-state index contributed by atoms with van der Waals surface area (Å²) in [6.45, 7) is 1.39. The summed E-state index contributed by atoms with van der Waals surface area (Å²) in [6, 6.07) is 12.5. The van der Waals surface area contributed by atoms with Crippen LogP contribution in [0.25, 0.3) is 0 Å². The molecule has 1 N–H and O–H groups in total. The van der Waals surface area contributed by atoms with Gasteiger partial charge in [0.05, 0.1) is 5.69 Å². The lowest BCUT2D eigenvalue weighted by Crippen LogP contribution is -2.54. The van der Waals surface area contributed by atoms with Gasteiger partial charge in [-0.2, -0.15) is 0 Å². The molecule has 3 amide bonds. The standard InChI is InChI=1S/C20H18N4O4/c25-18(22-13-6-7-16-17(10-13)28-12-27-16)11-24-15-5-2-1-4-14(15)19-21-8-3-9-23(19)20(24)26/h1-2,4-7,10H,3,8-9,11-12H2,(H,22,25). The van der Waals surface area contributed by atoms with Crippen LogP contribution in [0.15, 0.2) is 47.5 Å². The van der Waals surface area contributed by atoms with Gasteiger partial charge >= 0.3 is 6.03 Å². The van der Waals surface area contributed by atoms with E-state index in [1.54, 1.807) is 23.1 Å². The van der Waals surface area contributed by atoms with Gasteiger partial charge in [0.2, 0.25) is 12.7 Å². The smallest absolute Gasteiger partial charge is 0.330 e. The zero-order valence-electron chi connectivity index (χ0n) is 15.1. The minimum absolute atomic E-state index is 0.0892. The quantitative estimate of drug-likeness (QED) is 0.889. The molecule has 0 unspecified atom stereocenters. The Hall–Kier alpha value is -3.55. The van der Waals surface area contributed by atoms with Gasteiger partial charge in [-0.25, -0.2) is 4.79 Å². The van der Waals surface area contributed by atoms with Crippen LogP contribution >= 0.6 is 0 Å². The van der Waals surface area contributed by atoms with Crippen LogP contribution in [0, 0.1) is 0 Å². The van der Waals surface area contributed by atoms with Gasteiger partial charge in [-0.15, -0.1) is 0 Å². The molecule has 3 aliphatic rings. The van der Waals surface area contributed by atoms with Crippen molar-refractivity contribution >= 4 is 29.1 Å². The molecule has 2 aromatic carbocycles. The van der Waals surface area contributed by atoms with Gasteiger partial charge in [0.1, 0.15) is 12.4 Å². The lowest BCUT2D eigenvalue weighted by atomic mass is 10.1. The summed E-state index contributed by atoms with van der Waals surface area (Å²) in [5.41, 5.74) is 2.16. The number of hydrogen-bond acceptors (Lipinski definition) is 5. The molecule has 8 heteroatoms. The van der Waals surface area contributed by atoms with Gasteiger partial charge in [0.25, 0.3) is 0 Å². The van der Waals surface area contributed by atoms with E-state index in [1.165, 1.54) is 4.90 Å². The van der Waals surface area contributed by atoms with Crippen molar-refractivity contribution < 1.29 is 19.1 Å². The van der Waals surface area contributed by atoms with Crippen molar-refractivity contribution in [3.05, 3.63) is 48.0 Å². The molecule has 0 spiro atoms. The predicted molar refractivity (Wildman–Crippen MR) is 103 cm³/mol. The van der Waals surface area contributed by atoms with Crippen molar-refractivity contribution in [1.29, 1.82) is 0 Å². The van der Waals surface area contributed by atoms with Crippen LogP contribution in [0.1, 0.15) is 12.0 Å². The van der Waals surface area contributed by atoms with Crippen LogP contribution in [0.4, 0.5) is 16.2 Å². The van der Waals surface area contributed by atoms with E-state index < -0.39 is 0 Å². The van der Waals surface area contributed by atoms with E-state index in [1.807, 2.05) is 24.3 Å². The first-order valence-electron chi connectivity index (χ1n) is 9.13. The summed E-state index contributed by atoms with van der Waals surface area (Å²) in [4.78, 5) is 33.4. The molecule has 0 saturated heterocycles. The Morgan fingerprint density at radius 2 is 2.00 bits per heavy atom. The van der Waals surface area contributed by atoms with E-state index in [4.69, 9.17) is 9.47 Å². The number of carbonyl (C=O) groups is 2. The fraction of sp³-hybridized carbons (Fsp3) is 0.250. The van der Waals surface area contributed by atoms with Crippen molar-refractivity contribution in [2.75, 3.05) is 36.6 Å². The summed E-state index contributed by atoms with van der Waals surface area (Å²) < 4.78 is 10.6. The van der Waals surface area contributed by atoms with Gasteiger partial charge in [-0.1, -0.05) is 12.1 Å². The number of aliphatic imine (C=N–C) groups is 1. The highest BCUT2D eigenvalue weighted by atomic mass is 16.7. The second-order valence-electron chi connectivity index (χ2n) is 6.71. The fourth-order valence-electron chi connectivity index (χ4n) is 3.64. The molecule has 0 aromatic heterocycles. The maximum atomic E-state index is 13.0. The molecule has 0 saturated carbocycles. The maximum absolute atomic E-state index is 13.0. The maximum Gasteiger partial charge on any atom is 0.330 e. The molecule has 0 bridgehead atoms. The predicted octanol–water partition coefficient (Wildman–Crippen LogP) is 2.45. The number of amidine groups is 1. The molecule has 0 fully saturated rings. The molecular weight excluding hydrogens is 360 g/mol. The summed E-state index contributed by atoms with van der Waals surface area (Å²) in [6.07, 6.45) is 0.814. The average Bonchev–Trinajstić information content (AvgIpc) is 3.19. The Labute approximate surface area is 161 Å². The van der Waals surface area contributed by atoms with Crippen LogP contribution in [-0.2, 0) is 4.79 Å². The minimum atomic E-state index is -0.292. The summed E-state index contributed by atoms with van der Waals surface area (Å²) >= 11 is 0. The third-order valence-electron chi connectivity index (χ3n) is 4.91. The van der Waals surface area contributed by atoms with E-state index in [2.05, 4.69) is 10.3 Å². The highest BCUT2D eigenvalue weighted by molar-refractivity contribution is 6.20. The normalized spacial score (nSPS) is 17.0. The van der Waals surface area contributed by atoms with E-state index in [-0.39, 0.29) is 25.3 Å². The van der Waals surface area contributed by atoms with Crippen LogP contribution < -0.4 is 19.7 Å². The molecule has 5 rings (SSSR count). The highest BCUT2D eigenvalue weighted by Gasteiger charge is 2.36. The Kier molecular flexibility index (Phi) is 3.89. The van der Waals surface area contributed by atoms with Gasteiger partial charge in [-0.05, 0) is 30.7 Å². The van der Waals surface area contributed by atoms with Gasteiger partial charge in [-0.3, -0.25) is 19.6 Å². The van der Waals surface area contributed by atoms with Gasteiger partial charge < -0.3 is 14.8 Å². The Balaban J connectivity index is 1.39. The molecule has 0 aliphatic carbocycles. The number of urea groups is 1.